The van der Waals surface area contributed by atoms with E-state index in [1.54, 1.807) is 24.3 Å². The Hall–Kier alpha value is -1.32. The lowest BCUT2D eigenvalue weighted by Gasteiger charge is -2.08. The standard InChI is InChI=1S/C14H11BrClNO/c1-9-4-2-3-5-11(9)14(18)17-10-6-7-12(15)13(16)8-10/h2-8H,1H3,(H,17,18). The van der Waals surface area contributed by atoms with Gasteiger partial charge in [-0.2, -0.15) is 0 Å². The van der Waals surface area contributed by atoms with Gasteiger partial charge in [-0.1, -0.05) is 29.8 Å². The molecule has 18 heavy (non-hydrogen) atoms. The lowest BCUT2D eigenvalue weighted by atomic mass is 10.1. The number of carbonyl (C=O) groups excluding carboxylic acids is 1. The van der Waals surface area contributed by atoms with Gasteiger partial charge in [0, 0.05) is 15.7 Å². The van der Waals surface area contributed by atoms with Crippen LogP contribution in [0.1, 0.15) is 15.9 Å². The van der Waals surface area contributed by atoms with Crippen molar-refractivity contribution in [3.8, 4) is 0 Å². The third-order valence-corrected chi connectivity index (χ3v) is 3.80. The van der Waals surface area contributed by atoms with Crippen molar-refractivity contribution >= 4 is 39.1 Å². The van der Waals surface area contributed by atoms with Crippen LogP contribution in [0.3, 0.4) is 0 Å². The third-order valence-electron chi connectivity index (χ3n) is 2.57. The van der Waals surface area contributed by atoms with E-state index in [1.807, 2.05) is 25.1 Å². The van der Waals surface area contributed by atoms with Crippen LogP contribution in [0.5, 0.6) is 0 Å². The highest BCUT2D eigenvalue weighted by Gasteiger charge is 2.09. The van der Waals surface area contributed by atoms with E-state index in [4.69, 9.17) is 11.6 Å². The minimum absolute atomic E-state index is 0.133. The molecule has 1 N–H and O–H groups in total. The van der Waals surface area contributed by atoms with Gasteiger partial charge in [0.25, 0.3) is 5.91 Å². The Morgan fingerprint density at radius 2 is 1.94 bits per heavy atom. The molecule has 4 heteroatoms. The molecule has 0 spiro atoms. The van der Waals surface area contributed by atoms with Crippen molar-refractivity contribution < 1.29 is 4.79 Å². The van der Waals surface area contributed by atoms with Crippen molar-refractivity contribution in [1.82, 2.24) is 0 Å². The third kappa shape index (κ3) is 2.92. The monoisotopic (exact) mass is 323 g/mol. The summed E-state index contributed by atoms with van der Waals surface area (Å²) < 4.78 is 0.804. The maximum Gasteiger partial charge on any atom is 0.255 e. The highest BCUT2D eigenvalue weighted by molar-refractivity contribution is 9.10. The fourth-order valence-electron chi connectivity index (χ4n) is 1.60. The molecule has 0 saturated carbocycles. The zero-order chi connectivity index (χ0) is 13.1. The minimum Gasteiger partial charge on any atom is -0.322 e. The van der Waals surface area contributed by atoms with Gasteiger partial charge in [-0.15, -0.1) is 0 Å². The van der Waals surface area contributed by atoms with Crippen molar-refractivity contribution in [2.24, 2.45) is 0 Å². The zero-order valence-corrected chi connectivity index (χ0v) is 12.0. The first-order chi connectivity index (χ1) is 8.58. The first-order valence-corrected chi connectivity index (χ1v) is 6.57. The van der Waals surface area contributed by atoms with Crippen molar-refractivity contribution in [3.63, 3.8) is 0 Å². The lowest BCUT2D eigenvalue weighted by molar-refractivity contribution is 0.102. The molecular weight excluding hydrogens is 314 g/mol. The number of hydrogen-bond donors (Lipinski definition) is 1. The summed E-state index contributed by atoms with van der Waals surface area (Å²) in [5.74, 6) is -0.133. The van der Waals surface area contributed by atoms with E-state index in [-0.39, 0.29) is 5.91 Å². The Balaban J connectivity index is 2.22. The normalized spacial score (nSPS) is 10.2. The Kier molecular flexibility index (Phi) is 4.04. The molecule has 2 rings (SSSR count). The number of amides is 1. The minimum atomic E-state index is -0.133. The van der Waals surface area contributed by atoms with Gasteiger partial charge in [0.1, 0.15) is 0 Å². The topological polar surface area (TPSA) is 29.1 Å². The number of aryl methyl sites for hydroxylation is 1. The fourth-order valence-corrected chi connectivity index (χ4v) is 2.03. The van der Waals surface area contributed by atoms with E-state index in [9.17, 15) is 4.79 Å². The average molecular weight is 325 g/mol. The molecule has 0 aromatic heterocycles. The molecule has 0 aliphatic rings. The molecule has 0 saturated heterocycles. The van der Waals surface area contributed by atoms with Crippen LogP contribution in [0.2, 0.25) is 5.02 Å². The number of hydrogen-bond acceptors (Lipinski definition) is 1. The second kappa shape index (κ2) is 5.55. The lowest BCUT2D eigenvalue weighted by Crippen LogP contribution is -2.13. The molecule has 0 aliphatic heterocycles. The zero-order valence-electron chi connectivity index (χ0n) is 9.71. The predicted octanol–water partition coefficient (Wildman–Crippen LogP) is 4.66. The summed E-state index contributed by atoms with van der Waals surface area (Å²) in [5.41, 5.74) is 2.28. The molecule has 1 amide bonds. The molecule has 0 fully saturated rings. The second-order valence-corrected chi connectivity index (χ2v) is 5.16. The van der Waals surface area contributed by atoms with Gasteiger partial charge in [-0.25, -0.2) is 0 Å². The van der Waals surface area contributed by atoms with E-state index >= 15 is 0 Å². The van der Waals surface area contributed by atoms with Crippen molar-refractivity contribution in [2.45, 2.75) is 6.92 Å². The molecule has 0 bridgehead atoms. The van der Waals surface area contributed by atoms with Crippen LogP contribution < -0.4 is 5.32 Å². The number of anilines is 1. The Bertz CT molecular complexity index is 598. The van der Waals surface area contributed by atoms with Crippen LogP contribution in [0, 0.1) is 6.92 Å². The summed E-state index contributed by atoms with van der Waals surface area (Å²) in [6.45, 7) is 1.91. The average Bonchev–Trinajstić information content (AvgIpc) is 2.34. The fraction of sp³-hybridized carbons (Fsp3) is 0.0714. The second-order valence-electron chi connectivity index (χ2n) is 3.90. The smallest absolute Gasteiger partial charge is 0.255 e. The van der Waals surface area contributed by atoms with E-state index in [2.05, 4.69) is 21.2 Å². The van der Waals surface area contributed by atoms with Gasteiger partial charge < -0.3 is 5.32 Å². The molecule has 2 aromatic rings. The Labute approximate surface area is 119 Å². The number of rotatable bonds is 2. The summed E-state index contributed by atoms with van der Waals surface area (Å²) in [4.78, 5) is 12.1. The number of benzene rings is 2. The van der Waals surface area contributed by atoms with Crippen LogP contribution >= 0.6 is 27.5 Å². The Morgan fingerprint density at radius 1 is 1.22 bits per heavy atom. The molecule has 0 heterocycles. The molecule has 2 nitrogen and oxygen atoms in total. The molecule has 0 unspecified atom stereocenters. The van der Waals surface area contributed by atoms with Crippen LogP contribution in [0.15, 0.2) is 46.9 Å². The van der Waals surface area contributed by atoms with Gasteiger partial charge in [0.15, 0.2) is 0 Å². The number of halogens is 2. The van der Waals surface area contributed by atoms with E-state index < -0.39 is 0 Å². The number of nitrogens with one attached hydrogen (secondary N) is 1. The summed E-state index contributed by atoms with van der Waals surface area (Å²) >= 11 is 9.28. The van der Waals surface area contributed by atoms with Crippen LogP contribution in [-0.4, -0.2) is 5.91 Å². The van der Waals surface area contributed by atoms with Crippen LogP contribution in [0.4, 0.5) is 5.69 Å². The summed E-state index contributed by atoms with van der Waals surface area (Å²) in [5, 5.41) is 3.39. The first-order valence-electron chi connectivity index (χ1n) is 5.40. The maximum absolute atomic E-state index is 12.1. The van der Waals surface area contributed by atoms with Crippen LogP contribution in [0.25, 0.3) is 0 Å². The highest BCUT2D eigenvalue weighted by atomic mass is 79.9. The Morgan fingerprint density at radius 3 is 2.61 bits per heavy atom. The molecule has 0 aliphatic carbocycles. The van der Waals surface area contributed by atoms with Gasteiger partial charge in [0.05, 0.1) is 5.02 Å². The van der Waals surface area contributed by atoms with Gasteiger partial charge in [-0.05, 0) is 52.7 Å². The summed E-state index contributed by atoms with van der Waals surface area (Å²) in [6, 6.07) is 12.8. The largest absolute Gasteiger partial charge is 0.322 e. The molecule has 0 radical (unpaired) electrons. The van der Waals surface area contributed by atoms with E-state index in [0.29, 0.717) is 16.3 Å². The van der Waals surface area contributed by atoms with Gasteiger partial charge in [-0.3, -0.25) is 4.79 Å². The summed E-state index contributed by atoms with van der Waals surface area (Å²) in [6.07, 6.45) is 0. The molecule has 92 valence electrons. The van der Waals surface area contributed by atoms with E-state index in [1.165, 1.54) is 0 Å². The van der Waals surface area contributed by atoms with Gasteiger partial charge in [0.2, 0.25) is 0 Å². The van der Waals surface area contributed by atoms with Gasteiger partial charge >= 0.3 is 0 Å². The predicted molar refractivity (Wildman–Crippen MR) is 78.3 cm³/mol. The van der Waals surface area contributed by atoms with Crippen molar-refractivity contribution in [3.05, 3.63) is 63.1 Å². The summed E-state index contributed by atoms with van der Waals surface area (Å²) in [7, 11) is 0. The maximum atomic E-state index is 12.1. The van der Waals surface area contributed by atoms with Crippen molar-refractivity contribution in [2.75, 3.05) is 5.32 Å². The number of carbonyl (C=O) groups is 1. The molecular formula is C14H11BrClNO. The highest BCUT2D eigenvalue weighted by Crippen LogP contribution is 2.25. The first kappa shape index (κ1) is 13.1. The SMILES string of the molecule is Cc1ccccc1C(=O)Nc1ccc(Br)c(Cl)c1. The molecule has 2 aromatic carbocycles. The molecule has 0 atom stereocenters. The van der Waals surface area contributed by atoms with Crippen LogP contribution in [-0.2, 0) is 0 Å². The quantitative estimate of drug-likeness (QED) is 0.855. The van der Waals surface area contributed by atoms with Crippen molar-refractivity contribution in [1.29, 1.82) is 0 Å². The van der Waals surface area contributed by atoms with E-state index in [0.717, 1.165) is 10.0 Å².